The van der Waals surface area contributed by atoms with E-state index >= 15 is 0 Å². The summed E-state index contributed by atoms with van der Waals surface area (Å²) >= 11 is 1.60. The summed E-state index contributed by atoms with van der Waals surface area (Å²) in [5.74, 6) is 1.72. The molecule has 1 aliphatic heterocycles. The van der Waals surface area contributed by atoms with E-state index in [9.17, 15) is 0 Å². The molecule has 1 aromatic heterocycles. The molecular weight excluding hydrogens is 160 g/mol. The second-order valence-corrected chi connectivity index (χ2v) is 2.94. The van der Waals surface area contributed by atoms with Gasteiger partial charge in [0.2, 0.25) is 0 Å². The van der Waals surface area contributed by atoms with Gasteiger partial charge in [0.25, 0.3) is 0 Å². The molecule has 2 nitrogen and oxygen atoms in total. The predicted octanol–water partition coefficient (Wildman–Crippen LogP) is 2.08. The average molecular weight is 168 g/mol. The summed E-state index contributed by atoms with van der Waals surface area (Å²) < 4.78 is 10.7. The molecule has 1 aliphatic rings. The lowest BCUT2D eigenvalue weighted by molar-refractivity contribution is 0.299. The van der Waals surface area contributed by atoms with Gasteiger partial charge in [-0.1, -0.05) is 0 Å². The molecule has 2 rings (SSSR count). The molecule has 1 aromatic rings. The topological polar surface area (TPSA) is 18.5 Å². The lowest BCUT2D eigenvalue weighted by atomic mass is 10.4. The van der Waals surface area contributed by atoms with Crippen molar-refractivity contribution in [1.82, 2.24) is 0 Å². The van der Waals surface area contributed by atoms with Crippen molar-refractivity contribution in [3.8, 4) is 11.5 Å². The van der Waals surface area contributed by atoms with Crippen molar-refractivity contribution in [3.63, 3.8) is 0 Å². The number of fused-ring (bicyclic) bond motifs is 1. The van der Waals surface area contributed by atoms with Gasteiger partial charge in [-0.15, -0.1) is 11.3 Å². The Hall–Kier alpha value is -0.960. The van der Waals surface area contributed by atoms with E-state index in [0.29, 0.717) is 13.2 Å². The number of rotatable bonds is 0. The van der Waals surface area contributed by atoms with Crippen LogP contribution in [-0.2, 0) is 0 Å². The van der Waals surface area contributed by atoms with Crippen LogP contribution in [0.5, 0.6) is 11.5 Å². The van der Waals surface area contributed by atoms with E-state index in [0.717, 1.165) is 11.5 Å². The first-order valence-corrected chi connectivity index (χ1v) is 4.38. The number of hydrogen-bond acceptors (Lipinski definition) is 3. The summed E-state index contributed by atoms with van der Waals surface area (Å²) in [6.07, 6.45) is 3.92. The Bertz CT molecular complexity index is 240. The van der Waals surface area contributed by atoms with Crippen LogP contribution in [0.4, 0.5) is 0 Å². The van der Waals surface area contributed by atoms with Crippen LogP contribution in [0.15, 0.2) is 22.9 Å². The monoisotopic (exact) mass is 168 g/mol. The van der Waals surface area contributed by atoms with Crippen molar-refractivity contribution in [2.45, 2.75) is 0 Å². The van der Waals surface area contributed by atoms with Crippen LogP contribution in [0.2, 0.25) is 0 Å². The normalized spacial score (nSPS) is 18.5. The van der Waals surface area contributed by atoms with Crippen molar-refractivity contribution in [1.29, 1.82) is 0 Å². The summed E-state index contributed by atoms with van der Waals surface area (Å²) in [5, 5.41) is 3.91. The summed E-state index contributed by atoms with van der Waals surface area (Å²) in [7, 11) is 0. The van der Waals surface area contributed by atoms with Crippen LogP contribution in [0, 0.1) is 0 Å². The lowest BCUT2D eigenvalue weighted by Crippen LogP contribution is -2.01. The smallest absolute Gasteiger partial charge is 0.172 e. The fraction of sp³-hybridized carbons (Fsp3) is 0.250. The Labute approximate surface area is 69.1 Å². The molecular formula is C8H8O2S. The number of hydrogen-bond donors (Lipinski definition) is 0. The van der Waals surface area contributed by atoms with Crippen LogP contribution in [0.1, 0.15) is 0 Å². The third-order valence-corrected chi connectivity index (χ3v) is 2.13. The summed E-state index contributed by atoms with van der Waals surface area (Å²) in [5.41, 5.74) is 0. The minimum absolute atomic E-state index is 0.646. The van der Waals surface area contributed by atoms with E-state index in [1.165, 1.54) is 0 Å². The minimum Gasteiger partial charge on any atom is -0.485 e. The maximum Gasteiger partial charge on any atom is 0.172 e. The molecule has 0 atom stereocenters. The van der Waals surface area contributed by atoms with Crippen LogP contribution in [0.3, 0.4) is 0 Å². The van der Waals surface area contributed by atoms with E-state index < -0.39 is 0 Å². The molecule has 0 spiro atoms. The maximum atomic E-state index is 5.37. The SMILES string of the molecule is C1=C\COc2cscc2OC/1. The van der Waals surface area contributed by atoms with Crippen molar-refractivity contribution >= 4 is 11.3 Å². The van der Waals surface area contributed by atoms with Gasteiger partial charge in [-0.3, -0.25) is 0 Å². The van der Waals surface area contributed by atoms with Crippen LogP contribution in [-0.4, -0.2) is 13.2 Å². The Balaban J connectivity index is 2.23. The van der Waals surface area contributed by atoms with Crippen molar-refractivity contribution in [3.05, 3.63) is 22.9 Å². The Kier molecular flexibility index (Phi) is 1.81. The standard InChI is InChI=1S/C8H8O2S/c1-2-4-10-8-6-11-5-7(8)9-3-1/h1-2,5-6H,3-4H2/b2-1-. The molecule has 0 unspecified atom stereocenters. The highest BCUT2D eigenvalue weighted by Gasteiger charge is 2.05. The van der Waals surface area contributed by atoms with Gasteiger partial charge in [0, 0.05) is 10.8 Å². The summed E-state index contributed by atoms with van der Waals surface area (Å²) in [6.45, 7) is 1.29. The van der Waals surface area contributed by atoms with Gasteiger partial charge in [-0.05, 0) is 12.2 Å². The second-order valence-electron chi connectivity index (χ2n) is 2.19. The molecule has 0 saturated carbocycles. The molecule has 58 valence electrons. The Morgan fingerprint density at radius 2 is 1.55 bits per heavy atom. The largest absolute Gasteiger partial charge is 0.485 e. The number of thiophene rings is 1. The molecule has 0 bridgehead atoms. The zero-order chi connectivity index (χ0) is 7.52. The lowest BCUT2D eigenvalue weighted by Gasteiger charge is -2.08. The molecule has 11 heavy (non-hydrogen) atoms. The molecule has 0 N–H and O–H groups in total. The second kappa shape index (κ2) is 2.96. The van der Waals surface area contributed by atoms with Crippen molar-refractivity contribution < 1.29 is 9.47 Å². The molecule has 0 aromatic carbocycles. The van der Waals surface area contributed by atoms with E-state index in [1.54, 1.807) is 11.3 Å². The molecule has 3 heteroatoms. The summed E-state index contributed by atoms with van der Waals surface area (Å²) in [6, 6.07) is 0. The number of ether oxygens (including phenoxy) is 2. The Morgan fingerprint density at radius 3 is 2.09 bits per heavy atom. The van der Waals surface area contributed by atoms with Gasteiger partial charge in [0.05, 0.1) is 0 Å². The Morgan fingerprint density at radius 1 is 1.00 bits per heavy atom. The van der Waals surface area contributed by atoms with Gasteiger partial charge < -0.3 is 9.47 Å². The van der Waals surface area contributed by atoms with Gasteiger partial charge in [0.1, 0.15) is 13.2 Å². The molecule has 0 radical (unpaired) electrons. The third-order valence-electron chi connectivity index (χ3n) is 1.43. The molecule has 0 saturated heterocycles. The molecule has 0 fully saturated rings. The molecule has 2 heterocycles. The van der Waals surface area contributed by atoms with E-state index in [1.807, 2.05) is 22.9 Å². The van der Waals surface area contributed by atoms with Gasteiger partial charge >= 0.3 is 0 Å². The van der Waals surface area contributed by atoms with Crippen LogP contribution < -0.4 is 9.47 Å². The van der Waals surface area contributed by atoms with Crippen molar-refractivity contribution in [2.24, 2.45) is 0 Å². The first-order chi connectivity index (χ1) is 5.47. The fourth-order valence-electron chi connectivity index (χ4n) is 0.896. The minimum atomic E-state index is 0.646. The zero-order valence-electron chi connectivity index (χ0n) is 5.95. The van der Waals surface area contributed by atoms with E-state index in [2.05, 4.69) is 0 Å². The molecule has 0 aliphatic carbocycles. The fourth-order valence-corrected chi connectivity index (χ4v) is 1.58. The van der Waals surface area contributed by atoms with E-state index in [-0.39, 0.29) is 0 Å². The zero-order valence-corrected chi connectivity index (χ0v) is 6.76. The average Bonchev–Trinajstić information content (AvgIpc) is 2.35. The molecule has 0 amide bonds. The third kappa shape index (κ3) is 1.38. The van der Waals surface area contributed by atoms with Crippen LogP contribution >= 0.6 is 11.3 Å². The summed E-state index contributed by atoms with van der Waals surface area (Å²) in [4.78, 5) is 0. The highest BCUT2D eigenvalue weighted by molar-refractivity contribution is 7.08. The van der Waals surface area contributed by atoms with Gasteiger partial charge in [-0.25, -0.2) is 0 Å². The van der Waals surface area contributed by atoms with Crippen molar-refractivity contribution in [2.75, 3.05) is 13.2 Å². The van der Waals surface area contributed by atoms with Gasteiger partial charge in [0.15, 0.2) is 11.5 Å². The van der Waals surface area contributed by atoms with Gasteiger partial charge in [-0.2, -0.15) is 0 Å². The highest BCUT2D eigenvalue weighted by Crippen LogP contribution is 2.31. The first kappa shape index (κ1) is 6.73. The first-order valence-electron chi connectivity index (χ1n) is 3.43. The van der Waals surface area contributed by atoms with E-state index in [4.69, 9.17) is 9.47 Å². The highest BCUT2D eigenvalue weighted by atomic mass is 32.1. The maximum absolute atomic E-state index is 5.37. The predicted molar refractivity (Wildman–Crippen MR) is 44.4 cm³/mol. The quantitative estimate of drug-likeness (QED) is 0.552. The van der Waals surface area contributed by atoms with Crippen LogP contribution in [0.25, 0.3) is 0 Å².